The summed E-state index contributed by atoms with van der Waals surface area (Å²) in [7, 11) is 1.51. The molecule has 0 radical (unpaired) electrons. The number of aliphatic carboxylic acids is 1. The van der Waals surface area contributed by atoms with Gasteiger partial charge in [0.1, 0.15) is 5.75 Å². The number of ether oxygens (including phenoxy) is 1. The van der Waals surface area contributed by atoms with Gasteiger partial charge in [-0.1, -0.05) is 18.5 Å². The zero-order chi connectivity index (χ0) is 17.7. The molecule has 1 heterocycles. The number of carboxylic acids is 1. The number of carbonyl (C=O) groups is 2. The third-order valence-electron chi connectivity index (χ3n) is 4.41. The Kier molecular flexibility index (Phi) is 6.45. The second-order valence-corrected chi connectivity index (χ2v) is 6.26. The summed E-state index contributed by atoms with van der Waals surface area (Å²) in [5.74, 6) is -0.430. The lowest BCUT2D eigenvalue weighted by Gasteiger charge is -2.37. The molecule has 1 aromatic carbocycles. The Morgan fingerprint density at radius 3 is 2.58 bits per heavy atom. The Balaban J connectivity index is 2.01. The van der Waals surface area contributed by atoms with Crippen LogP contribution in [-0.4, -0.2) is 66.1 Å². The quantitative estimate of drug-likeness (QED) is 0.849. The normalized spacial score (nSPS) is 15.6. The van der Waals surface area contributed by atoms with Gasteiger partial charge in [-0.25, -0.2) is 0 Å². The summed E-state index contributed by atoms with van der Waals surface area (Å²) >= 11 is 5.94. The van der Waals surface area contributed by atoms with E-state index in [4.69, 9.17) is 21.4 Å². The van der Waals surface area contributed by atoms with Crippen molar-refractivity contribution in [1.82, 2.24) is 9.80 Å². The van der Waals surface area contributed by atoms with Crippen molar-refractivity contribution < 1.29 is 19.4 Å². The first-order chi connectivity index (χ1) is 11.5. The molecule has 0 saturated carbocycles. The smallest absolute Gasteiger partial charge is 0.317 e. The van der Waals surface area contributed by atoms with Crippen LogP contribution < -0.4 is 4.74 Å². The second-order valence-electron chi connectivity index (χ2n) is 5.82. The van der Waals surface area contributed by atoms with E-state index in [2.05, 4.69) is 0 Å². The maximum absolute atomic E-state index is 12.7. The Hall–Kier alpha value is -1.79. The molecule has 0 aromatic heterocycles. The highest BCUT2D eigenvalue weighted by atomic mass is 35.5. The third-order valence-corrected chi connectivity index (χ3v) is 4.64. The number of amides is 1. The van der Waals surface area contributed by atoms with Crippen molar-refractivity contribution in [1.29, 1.82) is 0 Å². The maximum Gasteiger partial charge on any atom is 0.317 e. The molecule has 1 saturated heterocycles. The van der Waals surface area contributed by atoms with Gasteiger partial charge in [0.05, 0.1) is 19.2 Å². The van der Waals surface area contributed by atoms with Gasteiger partial charge in [-0.15, -0.1) is 0 Å². The van der Waals surface area contributed by atoms with Gasteiger partial charge in [0.15, 0.2) is 0 Å². The van der Waals surface area contributed by atoms with Crippen LogP contribution >= 0.6 is 11.6 Å². The molecule has 1 aliphatic rings. The van der Waals surface area contributed by atoms with E-state index in [0.717, 1.165) is 12.8 Å². The van der Waals surface area contributed by atoms with Gasteiger partial charge in [0, 0.05) is 24.2 Å². The molecule has 0 bridgehead atoms. The summed E-state index contributed by atoms with van der Waals surface area (Å²) in [6.45, 7) is 3.89. The highest BCUT2D eigenvalue weighted by Crippen LogP contribution is 2.26. The second kappa shape index (κ2) is 8.35. The largest absolute Gasteiger partial charge is 0.496 e. The molecule has 0 unspecified atom stereocenters. The molecule has 1 N–H and O–H groups in total. The molecule has 0 atom stereocenters. The molecule has 132 valence electrons. The van der Waals surface area contributed by atoms with Gasteiger partial charge >= 0.3 is 5.97 Å². The minimum Gasteiger partial charge on any atom is -0.496 e. The standard InChI is InChI=1S/C17H23ClN2O4/c1-3-19(11-16(21)22)13-6-8-20(9-7-13)17(23)14-5-4-12(18)10-15(14)24-2/h4-5,10,13H,3,6-9,11H2,1-2H3,(H,21,22). The molecule has 0 spiro atoms. The fourth-order valence-corrected chi connectivity index (χ4v) is 3.28. The van der Waals surface area contributed by atoms with Crippen LogP contribution in [-0.2, 0) is 4.79 Å². The summed E-state index contributed by atoms with van der Waals surface area (Å²) in [4.78, 5) is 27.4. The van der Waals surface area contributed by atoms with Gasteiger partial charge < -0.3 is 14.7 Å². The van der Waals surface area contributed by atoms with E-state index in [1.165, 1.54) is 7.11 Å². The monoisotopic (exact) mass is 354 g/mol. The van der Waals surface area contributed by atoms with Crippen LogP contribution in [0.25, 0.3) is 0 Å². The van der Waals surface area contributed by atoms with E-state index in [-0.39, 0.29) is 18.5 Å². The number of methoxy groups -OCH3 is 1. The highest BCUT2D eigenvalue weighted by molar-refractivity contribution is 6.30. The van der Waals surface area contributed by atoms with E-state index in [9.17, 15) is 9.59 Å². The van der Waals surface area contributed by atoms with Crippen molar-refractivity contribution in [2.45, 2.75) is 25.8 Å². The van der Waals surface area contributed by atoms with E-state index in [1.54, 1.807) is 23.1 Å². The molecule has 1 amide bonds. The molecule has 7 heteroatoms. The zero-order valence-corrected chi connectivity index (χ0v) is 14.8. The lowest BCUT2D eigenvalue weighted by molar-refractivity contribution is -0.139. The Bertz CT molecular complexity index is 600. The molecule has 0 aliphatic carbocycles. The van der Waals surface area contributed by atoms with E-state index < -0.39 is 5.97 Å². The first-order valence-electron chi connectivity index (χ1n) is 8.05. The van der Waals surface area contributed by atoms with Gasteiger partial charge in [-0.2, -0.15) is 0 Å². The number of halogens is 1. The van der Waals surface area contributed by atoms with Crippen LogP contribution in [0, 0.1) is 0 Å². The molecule has 1 aliphatic heterocycles. The van der Waals surface area contributed by atoms with Crippen LogP contribution in [0.4, 0.5) is 0 Å². The van der Waals surface area contributed by atoms with Crippen molar-refractivity contribution in [3.8, 4) is 5.75 Å². The topological polar surface area (TPSA) is 70.1 Å². The Morgan fingerprint density at radius 1 is 1.38 bits per heavy atom. The third kappa shape index (κ3) is 4.39. The first-order valence-corrected chi connectivity index (χ1v) is 8.42. The minimum absolute atomic E-state index is 0.0418. The number of carboxylic acid groups (broad SMARTS) is 1. The number of likely N-dealkylation sites (N-methyl/N-ethyl adjacent to an activating group) is 1. The number of carbonyl (C=O) groups excluding carboxylic acids is 1. The predicted octanol–water partition coefficient (Wildman–Crippen LogP) is 2.36. The summed E-state index contributed by atoms with van der Waals surface area (Å²) in [5, 5.41) is 9.51. The number of nitrogens with zero attached hydrogens (tertiary/aromatic N) is 2. The van der Waals surface area contributed by atoms with Gasteiger partial charge in [0.2, 0.25) is 0 Å². The maximum atomic E-state index is 12.7. The van der Waals surface area contributed by atoms with Crippen molar-refractivity contribution in [3.63, 3.8) is 0 Å². The molecular formula is C17H23ClN2O4. The van der Waals surface area contributed by atoms with E-state index in [0.29, 0.717) is 36.0 Å². The number of benzene rings is 1. The molecule has 1 aromatic rings. The van der Waals surface area contributed by atoms with Gasteiger partial charge in [-0.3, -0.25) is 14.5 Å². The predicted molar refractivity (Wildman–Crippen MR) is 91.8 cm³/mol. The lowest BCUT2D eigenvalue weighted by Crippen LogP contribution is -2.48. The van der Waals surface area contributed by atoms with E-state index in [1.807, 2.05) is 11.8 Å². The number of piperidine rings is 1. The van der Waals surface area contributed by atoms with Crippen LogP contribution in [0.15, 0.2) is 18.2 Å². The molecule has 24 heavy (non-hydrogen) atoms. The van der Waals surface area contributed by atoms with Gasteiger partial charge in [-0.05, 0) is 37.6 Å². The van der Waals surface area contributed by atoms with E-state index >= 15 is 0 Å². The zero-order valence-electron chi connectivity index (χ0n) is 14.0. The number of hydrogen-bond donors (Lipinski definition) is 1. The minimum atomic E-state index is -0.818. The first kappa shape index (κ1) is 18.5. The average molecular weight is 355 g/mol. The van der Waals surface area contributed by atoms with Crippen LogP contribution in [0.2, 0.25) is 5.02 Å². The summed E-state index contributed by atoms with van der Waals surface area (Å²) in [5.41, 5.74) is 0.498. The summed E-state index contributed by atoms with van der Waals surface area (Å²) in [6, 6.07) is 5.18. The Labute approximate surface area is 146 Å². The SMILES string of the molecule is CCN(CC(=O)O)C1CCN(C(=O)c2ccc(Cl)cc2OC)CC1. The molecule has 2 rings (SSSR count). The number of rotatable bonds is 6. The van der Waals surface area contributed by atoms with Crippen molar-refractivity contribution in [3.05, 3.63) is 28.8 Å². The van der Waals surface area contributed by atoms with Crippen molar-refractivity contribution in [2.24, 2.45) is 0 Å². The van der Waals surface area contributed by atoms with Crippen LogP contribution in [0.5, 0.6) is 5.75 Å². The fourth-order valence-electron chi connectivity index (χ4n) is 3.12. The number of hydrogen-bond acceptors (Lipinski definition) is 4. The Morgan fingerprint density at radius 2 is 2.04 bits per heavy atom. The highest BCUT2D eigenvalue weighted by Gasteiger charge is 2.28. The summed E-state index contributed by atoms with van der Waals surface area (Å²) < 4.78 is 5.25. The molecule has 6 nitrogen and oxygen atoms in total. The average Bonchev–Trinajstić information content (AvgIpc) is 2.59. The van der Waals surface area contributed by atoms with Crippen LogP contribution in [0.1, 0.15) is 30.1 Å². The fraction of sp³-hybridized carbons (Fsp3) is 0.529. The number of likely N-dealkylation sites (tertiary alicyclic amines) is 1. The lowest BCUT2D eigenvalue weighted by atomic mass is 10.0. The van der Waals surface area contributed by atoms with Crippen LogP contribution in [0.3, 0.4) is 0 Å². The van der Waals surface area contributed by atoms with Crippen molar-refractivity contribution >= 4 is 23.5 Å². The molecular weight excluding hydrogens is 332 g/mol. The van der Waals surface area contributed by atoms with Gasteiger partial charge in [0.25, 0.3) is 5.91 Å². The van der Waals surface area contributed by atoms with Crippen molar-refractivity contribution in [2.75, 3.05) is 33.3 Å². The summed E-state index contributed by atoms with van der Waals surface area (Å²) in [6.07, 6.45) is 1.53. The molecule has 1 fully saturated rings.